The molecule has 2 unspecified atom stereocenters. The van der Waals surface area contributed by atoms with Crippen LogP contribution in [-0.2, 0) is 34.8 Å². The lowest BCUT2D eigenvalue weighted by Gasteiger charge is -2.32. The van der Waals surface area contributed by atoms with E-state index >= 15 is 0 Å². The molecule has 1 fully saturated rings. The van der Waals surface area contributed by atoms with E-state index in [0.717, 1.165) is 13.3 Å². The van der Waals surface area contributed by atoms with Crippen molar-refractivity contribution in [3.63, 3.8) is 0 Å². The summed E-state index contributed by atoms with van der Waals surface area (Å²) in [6.45, 7) is -0.563. The van der Waals surface area contributed by atoms with Gasteiger partial charge in [-0.1, -0.05) is 6.42 Å². The first-order chi connectivity index (χ1) is 15.6. The Balaban J connectivity index is 2.89. The van der Waals surface area contributed by atoms with E-state index in [2.05, 4.69) is 14.2 Å². The number of hydrogen-bond acceptors (Lipinski definition) is 7. The zero-order valence-electron chi connectivity index (χ0n) is 18.0. The summed E-state index contributed by atoms with van der Waals surface area (Å²) in [6, 6.07) is 0. The van der Waals surface area contributed by atoms with E-state index in [1.807, 2.05) is 0 Å². The third-order valence-corrected chi connectivity index (χ3v) is 5.53. The molecule has 200 valence electrons. The summed E-state index contributed by atoms with van der Waals surface area (Å²) in [4.78, 5) is 24.1. The summed E-state index contributed by atoms with van der Waals surface area (Å²) in [6.07, 6.45) is -8.73. The molecule has 0 heterocycles. The van der Waals surface area contributed by atoms with Crippen LogP contribution in [0.1, 0.15) is 58.3 Å². The van der Waals surface area contributed by atoms with Crippen molar-refractivity contribution in [3.8, 4) is 0 Å². The van der Waals surface area contributed by atoms with Crippen molar-refractivity contribution in [2.75, 3.05) is 13.2 Å². The summed E-state index contributed by atoms with van der Waals surface area (Å²) in [5, 5.41) is -5.29. The van der Waals surface area contributed by atoms with Crippen molar-refractivity contribution >= 4 is 23.2 Å². The molecular formula is C18H25F7O8S. The van der Waals surface area contributed by atoms with E-state index in [1.165, 1.54) is 0 Å². The molecule has 0 aliphatic heterocycles. The molecule has 0 bridgehead atoms. The van der Waals surface area contributed by atoms with E-state index in [1.54, 1.807) is 0 Å². The molecule has 16 heteroatoms. The fourth-order valence-corrected chi connectivity index (χ4v) is 3.37. The number of rotatable bonds is 12. The predicted molar refractivity (Wildman–Crippen MR) is 100 cm³/mol. The second-order valence-corrected chi connectivity index (χ2v) is 8.35. The van der Waals surface area contributed by atoms with Gasteiger partial charge in [0.25, 0.3) is 0 Å². The van der Waals surface area contributed by atoms with Crippen molar-refractivity contribution in [2.45, 2.75) is 87.5 Å². The lowest BCUT2D eigenvalue weighted by molar-refractivity contribution is -0.354. The predicted octanol–water partition coefficient (Wildman–Crippen LogP) is 4.93. The van der Waals surface area contributed by atoms with Crippen molar-refractivity contribution in [1.29, 1.82) is 0 Å². The molecule has 0 amide bonds. The van der Waals surface area contributed by atoms with Crippen LogP contribution >= 0.6 is 0 Å². The minimum atomic E-state index is -5.68. The molecule has 0 radical (unpaired) electrons. The van der Waals surface area contributed by atoms with Crippen LogP contribution in [-0.4, -0.2) is 63.3 Å². The van der Waals surface area contributed by atoms with E-state index in [-0.39, 0.29) is 0 Å². The third-order valence-electron chi connectivity index (χ3n) is 4.80. The molecule has 0 aromatic carbocycles. The van der Waals surface area contributed by atoms with Gasteiger partial charge >= 0.3 is 35.3 Å². The highest BCUT2D eigenvalue weighted by molar-refractivity contribution is 7.80. The second kappa shape index (κ2) is 12.3. The van der Waals surface area contributed by atoms with Gasteiger partial charge in [-0.3, -0.25) is 0 Å². The van der Waals surface area contributed by atoms with Gasteiger partial charge in [-0.25, -0.2) is 13.8 Å². The van der Waals surface area contributed by atoms with E-state index < -0.39 is 84.9 Å². The maximum absolute atomic E-state index is 13.8. The Kier molecular flexibility index (Phi) is 11.0. The quantitative estimate of drug-likeness (QED) is 0.123. The van der Waals surface area contributed by atoms with Crippen LogP contribution in [0.15, 0.2) is 0 Å². The zero-order valence-corrected chi connectivity index (χ0v) is 18.8. The van der Waals surface area contributed by atoms with Crippen LogP contribution in [0.25, 0.3) is 0 Å². The van der Waals surface area contributed by atoms with Crippen LogP contribution in [0.5, 0.6) is 0 Å². The Labute approximate surface area is 192 Å². The highest BCUT2D eigenvalue weighted by Gasteiger charge is 2.68. The van der Waals surface area contributed by atoms with Crippen LogP contribution < -0.4 is 0 Å². The molecular weight excluding hydrogens is 509 g/mol. The molecule has 0 spiro atoms. The molecule has 1 N–H and O–H groups in total. The highest BCUT2D eigenvalue weighted by atomic mass is 32.2. The number of halogens is 7. The molecule has 2 atom stereocenters. The first-order valence-electron chi connectivity index (χ1n) is 10.2. The summed E-state index contributed by atoms with van der Waals surface area (Å²) in [7, 11) is 0. The topological polar surface area (TPSA) is 108 Å². The first-order valence-corrected chi connectivity index (χ1v) is 11.4. The summed E-state index contributed by atoms with van der Waals surface area (Å²) in [5.41, 5.74) is 0. The average molecular weight is 534 g/mol. The van der Waals surface area contributed by atoms with Gasteiger partial charge < -0.3 is 23.5 Å². The average Bonchev–Trinajstić information content (AvgIpc) is 2.72. The number of ether oxygens (including phenoxy) is 4. The molecule has 1 saturated carbocycles. The van der Waals surface area contributed by atoms with Crippen LogP contribution in [0.4, 0.5) is 35.5 Å². The Hall–Kier alpha value is -1.68. The summed E-state index contributed by atoms with van der Waals surface area (Å²) in [5.74, 6) is -11.4. The van der Waals surface area contributed by atoms with Gasteiger partial charge in [-0.15, -0.1) is 0 Å². The van der Waals surface area contributed by atoms with Gasteiger partial charge in [0.1, 0.15) is 6.10 Å². The number of carbonyl (C=O) groups excluding carboxylic acids is 2. The Morgan fingerprint density at radius 1 is 1.00 bits per heavy atom. The standard InChI is InChI=1S/C18H25F7O8S/c1-2-30-13(26)16(17(21,22)23,33-14(27)32-12-8-4-3-5-9-12)31-11-7-6-10-15(19,20)18(24,25)34(28)29/h12H,2-11H2,1H3,(H,28,29). The lowest BCUT2D eigenvalue weighted by atomic mass is 9.98. The normalized spacial score (nSPS) is 18.6. The van der Waals surface area contributed by atoms with Crippen molar-refractivity contribution in [3.05, 3.63) is 0 Å². The Morgan fingerprint density at radius 2 is 1.59 bits per heavy atom. The monoisotopic (exact) mass is 534 g/mol. The minimum absolute atomic E-state index is 0.367. The van der Waals surface area contributed by atoms with Crippen LogP contribution in [0.3, 0.4) is 0 Å². The molecule has 8 nitrogen and oxygen atoms in total. The van der Waals surface area contributed by atoms with Crippen molar-refractivity contribution in [2.24, 2.45) is 0 Å². The van der Waals surface area contributed by atoms with E-state index in [0.29, 0.717) is 25.7 Å². The lowest BCUT2D eigenvalue weighted by Crippen LogP contribution is -2.58. The molecule has 34 heavy (non-hydrogen) atoms. The molecule has 1 rings (SSSR count). The molecule has 0 saturated heterocycles. The molecule has 0 aromatic rings. The maximum Gasteiger partial charge on any atom is 0.511 e. The molecule has 0 aromatic heterocycles. The number of hydrogen-bond donors (Lipinski definition) is 1. The van der Waals surface area contributed by atoms with Crippen LogP contribution in [0.2, 0.25) is 0 Å². The van der Waals surface area contributed by atoms with Gasteiger partial charge in [-0.05, 0) is 45.4 Å². The highest BCUT2D eigenvalue weighted by Crippen LogP contribution is 2.41. The van der Waals surface area contributed by atoms with Crippen molar-refractivity contribution in [1.82, 2.24) is 0 Å². The summed E-state index contributed by atoms with van der Waals surface area (Å²) >= 11 is -4.19. The zero-order chi connectivity index (χ0) is 26.2. The Bertz CT molecular complexity index is 713. The van der Waals surface area contributed by atoms with Gasteiger partial charge in [0.15, 0.2) is 0 Å². The molecule has 1 aliphatic carbocycles. The van der Waals surface area contributed by atoms with Gasteiger partial charge in [0, 0.05) is 6.42 Å². The SMILES string of the molecule is CCOC(=O)C(OCCCCC(F)(F)C(F)(F)S(=O)O)(OC(=O)OC1CCCCC1)C(F)(F)F. The van der Waals surface area contributed by atoms with E-state index in [9.17, 15) is 44.5 Å². The van der Waals surface area contributed by atoms with Crippen LogP contribution in [0, 0.1) is 0 Å². The number of unbranched alkanes of at least 4 members (excludes halogenated alkanes) is 1. The number of carbonyl (C=O) groups is 2. The fraction of sp³-hybridized carbons (Fsp3) is 0.889. The Morgan fingerprint density at radius 3 is 2.09 bits per heavy atom. The molecule has 1 aliphatic rings. The van der Waals surface area contributed by atoms with Gasteiger partial charge in [-0.2, -0.15) is 30.7 Å². The van der Waals surface area contributed by atoms with Gasteiger partial charge in [0.05, 0.1) is 13.2 Å². The van der Waals surface area contributed by atoms with Gasteiger partial charge in [0.2, 0.25) is 11.1 Å². The third kappa shape index (κ3) is 7.66. The fourth-order valence-electron chi connectivity index (χ4n) is 3.01. The largest absolute Gasteiger partial charge is 0.511 e. The maximum atomic E-state index is 13.8. The summed E-state index contributed by atoms with van der Waals surface area (Å²) < 4.78 is 131. The minimum Gasteiger partial charge on any atom is -0.461 e. The second-order valence-electron chi connectivity index (χ2n) is 7.34. The number of alkyl halides is 7. The van der Waals surface area contributed by atoms with Crippen molar-refractivity contribution < 1.29 is 68.0 Å². The number of esters is 1. The first kappa shape index (κ1) is 30.4. The smallest absolute Gasteiger partial charge is 0.461 e. The van der Waals surface area contributed by atoms with E-state index in [4.69, 9.17) is 9.29 Å².